The first-order valence-corrected chi connectivity index (χ1v) is 9.77. The van der Waals surface area contributed by atoms with Crippen LogP contribution in [0.15, 0.2) is 29.3 Å². The number of rotatable bonds is 7. The zero-order valence-electron chi connectivity index (χ0n) is 17.9. The number of guanidine groups is 1. The van der Waals surface area contributed by atoms with Crippen molar-refractivity contribution in [2.45, 2.75) is 39.7 Å². The molecule has 1 fully saturated rings. The zero-order chi connectivity index (χ0) is 19.2. The summed E-state index contributed by atoms with van der Waals surface area (Å²) in [5.41, 5.74) is 2.81. The van der Waals surface area contributed by atoms with E-state index in [1.165, 1.54) is 37.2 Å². The molecule has 6 heteroatoms. The van der Waals surface area contributed by atoms with E-state index in [1.807, 2.05) is 7.05 Å². The van der Waals surface area contributed by atoms with E-state index in [2.05, 4.69) is 84.6 Å². The highest BCUT2D eigenvalue weighted by Crippen LogP contribution is 2.24. The van der Waals surface area contributed by atoms with Crippen molar-refractivity contribution in [2.75, 3.05) is 52.2 Å². The SMILES string of the molecule is CN=C(NCC(C)(C)CN(C)C)NC(C)c1cccc(N2CCCC2)c1.I. The van der Waals surface area contributed by atoms with E-state index < -0.39 is 0 Å². The normalized spacial score (nSPS) is 16.3. The first kappa shape index (κ1) is 24.0. The first-order chi connectivity index (χ1) is 12.3. The van der Waals surface area contributed by atoms with E-state index in [0.29, 0.717) is 0 Å². The van der Waals surface area contributed by atoms with Crippen LogP contribution >= 0.6 is 24.0 Å². The summed E-state index contributed by atoms with van der Waals surface area (Å²) in [6.45, 7) is 11.0. The van der Waals surface area contributed by atoms with E-state index in [0.717, 1.165) is 19.0 Å². The van der Waals surface area contributed by atoms with Crippen molar-refractivity contribution < 1.29 is 0 Å². The maximum atomic E-state index is 4.41. The third kappa shape index (κ3) is 7.86. The Bertz CT molecular complexity index is 594. The smallest absolute Gasteiger partial charge is 0.191 e. The average molecular weight is 487 g/mol. The molecule has 1 aromatic rings. The number of hydrogen-bond donors (Lipinski definition) is 2. The van der Waals surface area contributed by atoms with Crippen LogP contribution in [0.1, 0.15) is 45.2 Å². The summed E-state index contributed by atoms with van der Waals surface area (Å²) < 4.78 is 0. The second kappa shape index (κ2) is 11.1. The zero-order valence-corrected chi connectivity index (χ0v) is 20.2. The summed E-state index contributed by atoms with van der Waals surface area (Å²) in [6, 6.07) is 9.10. The topological polar surface area (TPSA) is 42.9 Å². The fourth-order valence-corrected chi connectivity index (χ4v) is 3.68. The van der Waals surface area contributed by atoms with Crippen molar-refractivity contribution in [1.29, 1.82) is 0 Å². The third-order valence-corrected chi connectivity index (χ3v) is 4.90. The lowest BCUT2D eigenvalue weighted by atomic mass is 9.93. The van der Waals surface area contributed by atoms with Gasteiger partial charge in [-0.05, 0) is 57.0 Å². The van der Waals surface area contributed by atoms with Gasteiger partial charge >= 0.3 is 0 Å². The Morgan fingerprint density at radius 3 is 2.52 bits per heavy atom. The molecule has 0 aromatic heterocycles. The van der Waals surface area contributed by atoms with Crippen LogP contribution in [0, 0.1) is 5.41 Å². The molecule has 1 aromatic carbocycles. The quantitative estimate of drug-likeness (QED) is 0.350. The Labute approximate surface area is 183 Å². The van der Waals surface area contributed by atoms with Gasteiger partial charge in [-0.1, -0.05) is 26.0 Å². The van der Waals surface area contributed by atoms with Crippen molar-refractivity contribution in [3.05, 3.63) is 29.8 Å². The minimum Gasteiger partial charge on any atom is -0.372 e. The molecular weight excluding hydrogens is 449 g/mol. The second-order valence-corrected chi connectivity index (χ2v) is 8.48. The third-order valence-electron chi connectivity index (χ3n) is 4.90. The molecule has 0 saturated carbocycles. The highest BCUT2D eigenvalue weighted by atomic mass is 127. The molecule has 1 unspecified atom stereocenters. The largest absolute Gasteiger partial charge is 0.372 e. The molecule has 0 aliphatic carbocycles. The second-order valence-electron chi connectivity index (χ2n) is 8.48. The number of aliphatic imine (C=N–C) groups is 1. The van der Waals surface area contributed by atoms with Crippen LogP contribution in [-0.2, 0) is 0 Å². The van der Waals surface area contributed by atoms with Gasteiger partial charge in [-0.15, -0.1) is 24.0 Å². The molecule has 1 aliphatic rings. The van der Waals surface area contributed by atoms with Gasteiger partial charge in [-0.25, -0.2) is 0 Å². The summed E-state index contributed by atoms with van der Waals surface area (Å²) in [7, 11) is 6.07. The summed E-state index contributed by atoms with van der Waals surface area (Å²) in [5.74, 6) is 0.857. The average Bonchev–Trinajstić information content (AvgIpc) is 3.12. The van der Waals surface area contributed by atoms with Gasteiger partial charge in [0.25, 0.3) is 0 Å². The molecule has 27 heavy (non-hydrogen) atoms. The van der Waals surface area contributed by atoms with Crippen molar-refractivity contribution >= 4 is 35.6 Å². The Morgan fingerprint density at radius 1 is 1.26 bits per heavy atom. The summed E-state index contributed by atoms with van der Waals surface area (Å²) in [6.07, 6.45) is 2.61. The van der Waals surface area contributed by atoms with Crippen LogP contribution in [0.2, 0.25) is 0 Å². The van der Waals surface area contributed by atoms with Gasteiger partial charge < -0.3 is 20.4 Å². The predicted octanol–water partition coefficient (Wildman–Crippen LogP) is 3.72. The van der Waals surface area contributed by atoms with Crippen molar-refractivity contribution in [3.8, 4) is 0 Å². The molecule has 5 nitrogen and oxygen atoms in total. The first-order valence-electron chi connectivity index (χ1n) is 9.77. The lowest BCUT2D eigenvalue weighted by Crippen LogP contribution is -2.45. The Morgan fingerprint density at radius 2 is 1.93 bits per heavy atom. The minimum absolute atomic E-state index is 0. The summed E-state index contributed by atoms with van der Waals surface area (Å²) >= 11 is 0. The van der Waals surface area contributed by atoms with Crippen LogP contribution in [0.3, 0.4) is 0 Å². The maximum Gasteiger partial charge on any atom is 0.191 e. The van der Waals surface area contributed by atoms with Gasteiger partial charge in [-0.2, -0.15) is 0 Å². The number of anilines is 1. The molecule has 0 bridgehead atoms. The molecule has 1 atom stereocenters. The molecule has 0 amide bonds. The lowest BCUT2D eigenvalue weighted by Gasteiger charge is -2.30. The number of halogens is 1. The van der Waals surface area contributed by atoms with E-state index in [1.54, 1.807) is 0 Å². The highest BCUT2D eigenvalue weighted by Gasteiger charge is 2.20. The molecule has 1 aliphatic heterocycles. The number of hydrogen-bond acceptors (Lipinski definition) is 3. The fraction of sp³-hybridized carbons (Fsp3) is 0.667. The number of nitrogens with one attached hydrogen (secondary N) is 2. The fourth-order valence-electron chi connectivity index (χ4n) is 3.68. The van der Waals surface area contributed by atoms with Gasteiger partial charge in [0.2, 0.25) is 0 Å². The van der Waals surface area contributed by atoms with Crippen LogP contribution < -0.4 is 15.5 Å². The van der Waals surface area contributed by atoms with Gasteiger partial charge in [0, 0.05) is 38.9 Å². The van der Waals surface area contributed by atoms with Crippen molar-refractivity contribution in [3.63, 3.8) is 0 Å². The van der Waals surface area contributed by atoms with Crippen molar-refractivity contribution in [1.82, 2.24) is 15.5 Å². The number of nitrogens with zero attached hydrogens (tertiary/aromatic N) is 3. The molecule has 1 heterocycles. The molecule has 0 spiro atoms. The highest BCUT2D eigenvalue weighted by molar-refractivity contribution is 14.0. The van der Waals surface area contributed by atoms with E-state index >= 15 is 0 Å². The van der Waals surface area contributed by atoms with E-state index in [9.17, 15) is 0 Å². The standard InChI is InChI=1S/C21H37N5.HI/c1-17(18-10-9-11-19(14-18)26-12-7-8-13-26)24-20(22-4)23-15-21(2,3)16-25(5)6;/h9-11,14,17H,7-8,12-13,15-16H2,1-6H3,(H2,22,23,24);1H. The monoisotopic (exact) mass is 487 g/mol. The predicted molar refractivity (Wildman–Crippen MR) is 129 cm³/mol. The van der Waals surface area contributed by atoms with Crippen LogP contribution in [-0.4, -0.2) is 58.2 Å². The number of benzene rings is 1. The van der Waals surface area contributed by atoms with Crippen LogP contribution in [0.4, 0.5) is 5.69 Å². The minimum atomic E-state index is 0. The lowest BCUT2D eigenvalue weighted by molar-refractivity contribution is 0.241. The molecule has 2 rings (SSSR count). The molecule has 1 saturated heterocycles. The van der Waals surface area contributed by atoms with E-state index in [-0.39, 0.29) is 35.4 Å². The molecule has 0 radical (unpaired) electrons. The van der Waals surface area contributed by atoms with Gasteiger partial charge in [0.1, 0.15) is 0 Å². The van der Waals surface area contributed by atoms with E-state index in [4.69, 9.17) is 0 Å². The summed E-state index contributed by atoms with van der Waals surface area (Å²) in [4.78, 5) is 9.11. The van der Waals surface area contributed by atoms with Crippen LogP contribution in [0.25, 0.3) is 0 Å². The Kier molecular flexibility index (Phi) is 9.87. The van der Waals surface area contributed by atoms with Gasteiger partial charge in [-0.3, -0.25) is 4.99 Å². The maximum absolute atomic E-state index is 4.41. The van der Waals surface area contributed by atoms with Crippen molar-refractivity contribution in [2.24, 2.45) is 10.4 Å². The summed E-state index contributed by atoms with van der Waals surface area (Å²) in [5, 5.41) is 7.02. The van der Waals surface area contributed by atoms with Gasteiger partial charge in [0.15, 0.2) is 5.96 Å². The molecule has 154 valence electrons. The Balaban J connectivity index is 0.00000364. The molecular formula is C21H38IN5. The van der Waals surface area contributed by atoms with Crippen LogP contribution in [0.5, 0.6) is 0 Å². The van der Waals surface area contributed by atoms with Gasteiger partial charge in [0.05, 0.1) is 6.04 Å². The Hall–Kier alpha value is -1.02. The molecule has 2 N–H and O–H groups in total.